The molecule has 0 radical (unpaired) electrons. The zero-order valence-corrected chi connectivity index (χ0v) is 8.96. The fraction of sp³-hybridized carbons (Fsp3) is 0.400. The third-order valence-electron chi connectivity index (χ3n) is 1.89. The molecule has 80 valence electrons. The summed E-state index contributed by atoms with van der Waals surface area (Å²) < 4.78 is 4.99. The molecule has 0 aliphatic rings. The summed E-state index contributed by atoms with van der Waals surface area (Å²) in [6.07, 6.45) is 0. The van der Waals surface area contributed by atoms with E-state index in [1.165, 1.54) is 0 Å². The number of aliphatic hydroxyl groups excluding tert-OH is 1. The monoisotopic (exact) mass is 217 g/mol. The van der Waals surface area contributed by atoms with Crippen LogP contribution < -0.4 is 5.73 Å². The number of rotatable bonds is 4. The minimum absolute atomic E-state index is 0. The zero-order chi connectivity index (χ0) is 9.68. The standard InChI is InChI=1S/C10H15NO2.ClH/c1-13-7-8-3-2-4-9(5-8)10(11)6-12;/h2-5,10,12H,6-7,11H2,1H3;1H/t10-;/m1./s1. The third-order valence-corrected chi connectivity index (χ3v) is 1.89. The Bertz CT molecular complexity index is 268. The van der Waals surface area contributed by atoms with Crippen molar-refractivity contribution in [3.05, 3.63) is 35.4 Å². The van der Waals surface area contributed by atoms with Crippen LogP contribution in [0.15, 0.2) is 24.3 Å². The van der Waals surface area contributed by atoms with Gasteiger partial charge in [0.25, 0.3) is 0 Å². The molecule has 0 fully saturated rings. The number of halogens is 1. The first-order valence-corrected chi connectivity index (χ1v) is 4.22. The predicted octanol–water partition coefficient (Wildman–Crippen LogP) is 1.25. The number of hydrogen-bond acceptors (Lipinski definition) is 3. The molecule has 0 saturated heterocycles. The summed E-state index contributed by atoms with van der Waals surface area (Å²) in [7, 11) is 1.65. The topological polar surface area (TPSA) is 55.5 Å². The molecule has 0 amide bonds. The van der Waals surface area contributed by atoms with Crippen LogP contribution in [0.3, 0.4) is 0 Å². The van der Waals surface area contributed by atoms with Gasteiger partial charge in [-0.2, -0.15) is 0 Å². The first kappa shape index (κ1) is 13.4. The zero-order valence-electron chi connectivity index (χ0n) is 8.14. The van der Waals surface area contributed by atoms with Gasteiger partial charge < -0.3 is 15.6 Å². The molecule has 0 aliphatic carbocycles. The minimum Gasteiger partial charge on any atom is -0.394 e. The van der Waals surface area contributed by atoms with Crippen LogP contribution in [0.4, 0.5) is 0 Å². The minimum atomic E-state index is -0.295. The molecular weight excluding hydrogens is 202 g/mol. The Morgan fingerprint density at radius 2 is 2.21 bits per heavy atom. The molecule has 0 bridgehead atoms. The molecule has 3 nitrogen and oxygen atoms in total. The van der Waals surface area contributed by atoms with Crippen molar-refractivity contribution < 1.29 is 9.84 Å². The number of methoxy groups -OCH3 is 1. The van der Waals surface area contributed by atoms with Crippen LogP contribution in [0.1, 0.15) is 17.2 Å². The second-order valence-corrected chi connectivity index (χ2v) is 2.97. The average Bonchev–Trinajstić information content (AvgIpc) is 2.18. The van der Waals surface area contributed by atoms with Gasteiger partial charge in [-0.25, -0.2) is 0 Å². The van der Waals surface area contributed by atoms with E-state index in [0.29, 0.717) is 6.61 Å². The maximum absolute atomic E-state index is 8.85. The Labute approximate surface area is 90.3 Å². The molecule has 0 aromatic heterocycles. The lowest BCUT2D eigenvalue weighted by molar-refractivity contribution is 0.184. The number of ether oxygens (including phenoxy) is 1. The summed E-state index contributed by atoms with van der Waals surface area (Å²) in [5, 5.41) is 8.85. The van der Waals surface area contributed by atoms with E-state index in [4.69, 9.17) is 15.6 Å². The van der Waals surface area contributed by atoms with Gasteiger partial charge in [0.05, 0.1) is 19.3 Å². The van der Waals surface area contributed by atoms with Crippen LogP contribution in [-0.4, -0.2) is 18.8 Å². The fourth-order valence-electron chi connectivity index (χ4n) is 1.19. The molecule has 4 heteroatoms. The van der Waals surface area contributed by atoms with Gasteiger partial charge in [0, 0.05) is 7.11 Å². The first-order chi connectivity index (χ1) is 6.27. The second-order valence-electron chi connectivity index (χ2n) is 2.97. The number of hydrogen-bond donors (Lipinski definition) is 2. The van der Waals surface area contributed by atoms with Crippen molar-refractivity contribution in [2.75, 3.05) is 13.7 Å². The van der Waals surface area contributed by atoms with Gasteiger partial charge in [-0.1, -0.05) is 24.3 Å². The summed E-state index contributed by atoms with van der Waals surface area (Å²) in [5.74, 6) is 0. The fourth-order valence-corrected chi connectivity index (χ4v) is 1.19. The highest BCUT2D eigenvalue weighted by Crippen LogP contribution is 2.12. The van der Waals surface area contributed by atoms with E-state index in [1.54, 1.807) is 7.11 Å². The lowest BCUT2D eigenvalue weighted by Gasteiger charge is -2.09. The van der Waals surface area contributed by atoms with Crippen molar-refractivity contribution in [3.8, 4) is 0 Å². The molecule has 1 aromatic rings. The molecular formula is C10H16ClNO2. The van der Waals surface area contributed by atoms with E-state index in [0.717, 1.165) is 11.1 Å². The first-order valence-electron chi connectivity index (χ1n) is 4.22. The highest BCUT2D eigenvalue weighted by Gasteiger charge is 2.03. The van der Waals surface area contributed by atoms with Crippen molar-refractivity contribution >= 4 is 12.4 Å². The summed E-state index contributed by atoms with van der Waals surface area (Å²) in [5.41, 5.74) is 7.68. The Morgan fingerprint density at radius 3 is 2.79 bits per heavy atom. The van der Waals surface area contributed by atoms with E-state index >= 15 is 0 Å². The molecule has 1 rings (SSSR count). The number of benzene rings is 1. The van der Waals surface area contributed by atoms with Crippen LogP contribution in [0.2, 0.25) is 0 Å². The van der Waals surface area contributed by atoms with Crippen LogP contribution in [-0.2, 0) is 11.3 Å². The van der Waals surface area contributed by atoms with Crippen molar-refractivity contribution in [1.82, 2.24) is 0 Å². The summed E-state index contributed by atoms with van der Waals surface area (Å²) in [4.78, 5) is 0. The SMILES string of the molecule is COCc1cccc([C@H](N)CO)c1.Cl. The van der Waals surface area contributed by atoms with Gasteiger partial charge in [-0.05, 0) is 11.1 Å². The van der Waals surface area contributed by atoms with Gasteiger partial charge in [0.15, 0.2) is 0 Å². The molecule has 0 aliphatic heterocycles. The van der Waals surface area contributed by atoms with E-state index in [9.17, 15) is 0 Å². The average molecular weight is 218 g/mol. The highest BCUT2D eigenvalue weighted by molar-refractivity contribution is 5.85. The van der Waals surface area contributed by atoms with Gasteiger partial charge in [-0.15, -0.1) is 12.4 Å². The van der Waals surface area contributed by atoms with Gasteiger partial charge in [-0.3, -0.25) is 0 Å². The number of nitrogens with two attached hydrogens (primary N) is 1. The summed E-state index contributed by atoms with van der Waals surface area (Å²) >= 11 is 0. The Balaban J connectivity index is 0.00000169. The van der Waals surface area contributed by atoms with E-state index in [2.05, 4.69) is 0 Å². The molecule has 0 unspecified atom stereocenters. The summed E-state index contributed by atoms with van der Waals surface area (Å²) in [6, 6.07) is 7.44. The maximum atomic E-state index is 8.85. The van der Waals surface area contributed by atoms with E-state index < -0.39 is 0 Å². The maximum Gasteiger partial charge on any atom is 0.0713 e. The molecule has 0 heterocycles. The normalized spacial score (nSPS) is 11.9. The molecule has 3 N–H and O–H groups in total. The number of aliphatic hydroxyl groups is 1. The summed E-state index contributed by atoms with van der Waals surface area (Å²) in [6.45, 7) is 0.544. The molecule has 0 spiro atoms. The largest absolute Gasteiger partial charge is 0.394 e. The van der Waals surface area contributed by atoms with Gasteiger partial charge >= 0.3 is 0 Å². The van der Waals surface area contributed by atoms with Gasteiger partial charge in [0.1, 0.15) is 0 Å². The quantitative estimate of drug-likeness (QED) is 0.798. The molecule has 14 heavy (non-hydrogen) atoms. The second kappa shape index (κ2) is 6.79. The van der Waals surface area contributed by atoms with Crippen LogP contribution in [0, 0.1) is 0 Å². The van der Waals surface area contributed by atoms with Crippen LogP contribution in [0.5, 0.6) is 0 Å². The highest BCUT2D eigenvalue weighted by atomic mass is 35.5. The Hall–Kier alpha value is -0.610. The Kier molecular flexibility index (Phi) is 6.49. The van der Waals surface area contributed by atoms with Crippen LogP contribution in [0.25, 0.3) is 0 Å². The van der Waals surface area contributed by atoms with Crippen molar-refractivity contribution in [2.24, 2.45) is 5.73 Å². The van der Waals surface area contributed by atoms with E-state index in [-0.39, 0.29) is 25.1 Å². The lowest BCUT2D eigenvalue weighted by Crippen LogP contribution is -2.14. The predicted molar refractivity (Wildman–Crippen MR) is 58.4 cm³/mol. The Morgan fingerprint density at radius 1 is 1.50 bits per heavy atom. The molecule has 1 atom stereocenters. The third kappa shape index (κ3) is 3.64. The molecule has 0 saturated carbocycles. The van der Waals surface area contributed by atoms with Crippen molar-refractivity contribution in [2.45, 2.75) is 12.6 Å². The van der Waals surface area contributed by atoms with Crippen molar-refractivity contribution in [3.63, 3.8) is 0 Å². The van der Waals surface area contributed by atoms with Crippen molar-refractivity contribution in [1.29, 1.82) is 0 Å². The van der Waals surface area contributed by atoms with Crippen LogP contribution >= 0.6 is 12.4 Å². The molecule has 1 aromatic carbocycles. The van der Waals surface area contributed by atoms with E-state index in [1.807, 2.05) is 24.3 Å². The van der Waals surface area contributed by atoms with Gasteiger partial charge in [0.2, 0.25) is 0 Å². The lowest BCUT2D eigenvalue weighted by atomic mass is 10.1. The smallest absolute Gasteiger partial charge is 0.0713 e.